The molecule has 26 heteroatoms. The maximum Gasteiger partial charge on any atom is 0.322 e. The molecule has 7 aromatic carbocycles. The number of nitrogens with two attached hydrogens (primary N) is 1. The van der Waals surface area contributed by atoms with E-state index in [1.807, 2.05) is 172 Å². The van der Waals surface area contributed by atoms with E-state index in [1.165, 1.54) is 40.1 Å². The zero-order valence-corrected chi connectivity index (χ0v) is 72.4. The number of ether oxygens (including phenoxy) is 2. The van der Waals surface area contributed by atoms with Crippen LogP contribution in [0.4, 0.5) is 4.79 Å². The molecule has 0 bridgehead atoms. The lowest BCUT2D eigenvalue weighted by atomic mass is 9.85. The van der Waals surface area contributed by atoms with Crippen LogP contribution in [-0.2, 0) is 56.8 Å². The number of halogens is 1. The number of aromatic amines is 1. The van der Waals surface area contributed by atoms with E-state index >= 15 is 0 Å². The number of hydrogen-bond donors (Lipinski definition) is 4. The zero-order valence-electron chi connectivity index (χ0n) is 69.2. The molecular weight excluding hydrogens is 1590 g/mol. The van der Waals surface area contributed by atoms with Crippen LogP contribution in [0, 0.1) is 41.4 Å². The van der Waals surface area contributed by atoms with Crippen molar-refractivity contribution in [3.8, 4) is 11.5 Å². The monoisotopic (exact) mass is 1700 g/mol. The summed E-state index contributed by atoms with van der Waals surface area (Å²) >= 11 is 3.26. The topological polar surface area (TPSA) is 354 Å². The number of Topliss-reactive ketones (excluding diaryl/α,β-unsaturated/α-hetero) is 7. The van der Waals surface area contributed by atoms with Gasteiger partial charge in [0.05, 0.1) is 31.5 Å². The third kappa shape index (κ3) is 31.2. The molecule has 622 valence electrons. The van der Waals surface area contributed by atoms with Crippen molar-refractivity contribution in [2.75, 3.05) is 6.79 Å². The number of sulfone groups is 1. The Morgan fingerprint density at radius 2 is 1.03 bits per heavy atom. The number of hydrogen-bond acceptors (Lipinski definition) is 18. The molecule has 23 nitrogen and oxygen atoms in total. The number of pyridine rings is 2. The minimum absolute atomic E-state index is 0.00124. The van der Waals surface area contributed by atoms with Crippen molar-refractivity contribution >= 4 is 110 Å². The lowest BCUT2D eigenvalue weighted by Gasteiger charge is -2.18. The van der Waals surface area contributed by atoms with E-state index in [-0.39, 0.29) is 118 Å². The van der Waals surface area contributed by atoms with Gasteiger partial charge in [-0.15, -0.1) is 0 Å². The number of para-hydroxylation sites is 2. The van der Waals surface area contributed by atoms with Gasteiger partial charge in [0, 0.05) is 100.0 Å². The van der Waals surface area contributed by atoms with Gasteiger partial charge >= 0.3 is 6.03 Å². The van der Waals surface area contributed by atoms with E-state index in [4.69, 9.17) is 14.6 Å². The number of urea groups is 1. The van der Waals surface area contributed by atoms with Crippen LogP contribution in [0.2, 0.25) is 0 Å². The molecule has 5 N–H and O–H groups in total. The second kappa shape index (κ2) is 46.6. The first-order valence-electron chi connectivity index (χ1n) is 38.5. The van der Waals surface area contributed by atoms with E-state index in [2.05, 4.69) is 65.9 Å². The highest BCUT2D eigenvalue weighted by Gasteiger charge is 2.32. The van der Waals surface area contributed by atoms with Crippen molar-refractivity contribution in [3.63, 3.8) is 0 Å². The number of nitrogens with zero attached hydrogens (tertiary/aromatic N) is 3. The summed E-state index contributed by atoms with van der Waals surface area (Å²) in [6.07, 6.45) is 4.37. The Morgan fingerprint density at radius 1 is 0.513 bits per heavy atom. The molecule has 117 heavy (non-hydrogen) atoms. The van der Waals surface area contributed by atoms with E-state index in [0.29, 0.717) is 45.7 Å². The van der Waals surface area contributed by atoms with E-state index < -0.39 is 37.8 Å². The smallest absolute Gasteiger partial charge is 0.322 e. The SMILES string of the molecule is CC(C)C(=O)CC(c1ccccc1)c1ccccc1.CC(C)C(=O)CC1NC(=O)NC1=O.CC(C)C(=O)Cc1ccc2c(c1)OCO2.CC(C)C(=O)Cn1[nH]c2ccccc2c1=O.CC(C)C(=O)c1ccc(S(N)(=O)=O)cc1.CC(C)C(=O)c1ccc2ccccc2n1.CC(C)C(=O)c1cncc(Br)c1.CC(C)S(=O)(=O)c1ccccc1. The number of aromatic nitrogens is 4. The van der Waals surface area contributed by atoms with Crippen LogP contribution in [-0.4, -0.2) is 107 Å². The number of ketones is 7. The molecule has 3 amide bonds. The Kier molecular flexibility index (Phi) is 38.5. The quantitative estimate of drug-likeness (QED) is 0.0341. The van der Waals surface area contributed by atoms with E-state index in [1.54, 1.807) is 102 Å². The largest absolute Gasteiger partial charge is 0.454 e. The maximum atomic E-state index is 12.1. The standard InChI is InChI=1S/C18H20O.C13H13NO.C12H14N2O2.C12H14O3.C10H13NO3S.C9H10BrNO.C9H12O2S.C8H12N2O3/c1-14(2)18(19)13-17(15-9-5-3-6-10-15)16-11-7-4-8-12-16;1-9(2)13(15)12-8-7-10-5-3-4-6-11(10)14-12;1-8(2)11(15)7-14-12(16)9-5-3-4-6-10(9)13-14;1-8(2)10(13)5-9-3-4-11-12(6-9)15-7-14-11;1-7(2)10(12)8-3-5-9(6-4-8)15(11,13)14;1-6(2)9(12)7-3-8(10)5-11-4-7;1-8(2)12(10,11)9-6-4-3-5-7-9;1-4(2)6(11)3-5-7(12)10-8(13)9-5/h3-12,14,17H,13H2,1-2H3;3-9H,1-2H3;3-6,8,13H,7H2,1-2H3;3-4,6,8H,5,7H2,1-2H3;3-7H,1-2H3,(H2,11,13,14);3-6H,1-2H3;3-8H,1-2H3;4-5H,3H2,1-2H3,(H2,9,10,12,13). The van der Waals surface area contributed by atoms with Gasteiger partial charge in [0.25, 0.3) is 11.5 Å². The molecule has 1 saturated heterocycles. The van der Waals surface area contributed by atoms with Gasteiger partial charge in [-0.1, -0.05) is 230 Å². The zero-order chi connectivity index (χ0) is 87.0. The Morgan fingerprint density at radius 3 is 1.53 bits per heavy atom. The second-order valence-electron chi connectivity index (χ2n) is 30.0. The van der Waals surface area contributed by atoms with Crippen LogP contribution < -0.4 is 30.8 Å². The van der Waals surface area contributed by atoms with Gasteiger partial charge in [-0.25, -0.2) is 36.4 Å². The lowest BCUT2D eigenvalue weighted by Crippen LogP contribution is -2.32. The fraction of sp³-hybridized carbons (Fsp3) is 0.341. The number of H-pyrrole nitrogens is 1. The summed E-state index contributed by atoms with van der Waals surface area (Å²) in [6.45, 7) is 29.8. The number of carbonyl (C=O) groups excluding carboxylic acids is 9. The molecule has 2 aliphatic heterocycles. The highest BCUT2D eigenvalue weighted by atomic mass is 79.9. The van der Waals surface area contributed by atoms with E-state index in [0.717, 1.165) is 38.0 Å². The number of benzene rings is 7. The molecule has 0 saturated carbocycles. The predicted molar refractivity (Wildman–Crippen MR) is 460 cm³/mol. The van der Waals surface area contributed by atoms with Crippen LogP contribution in [0.15, 0.2) is 232 Å². The molecule has 12 rings (SSSR count). The Labute approximate surface area is 694 Å². The summed E-state index contributed by atoms with van der Waals surface area (Å²) in [5.74, 6) is 1.97. The summed E-state index contributed by atoms with van der Waals surface area (Å²) in [7, 11) is -6.75. The first-order chi connectivity index (χ1) is 55.1. The number of amides is 3. The van der Waals surface area contributed by atoms with Crippen LogP contribution in [0.5, 0.6) is 11.5 Å². The van der Waals surface area contributed by atoms with Crippen LogP contribution >= 0.6 is 15.9 Å². The molecule has 5 heterocycles. The van der Waals surface area contributed by atoms with Crippen molar-refractivity contribution in [1.29, 1.82) is 0 Å². The second-order valence-corrected chi connectivity index (χ2v) is 35.0. The summed E-state index contributed by atoms with van der Waals surface area (Å²) < 4.78 is 57.6. The minimum Gasteiger partial charge on any atom is -0.454 e. The molecular formula is C91H108BrN7O16S2. The number of imide groups is 1. The van der Waals surface area contributed by atoms with Gasteiger partial charge in [0.2, 0.25) is 16.8 Å². The number of nitrogens with one attached hydrogen (secondary N) is 3. The number of rotatable bonds is 23. The van der Waals surface area contributed by atoms with Crippen LogP contribution in [0.3, 0.4) is 0 Å². The normalized spacial score (nSPS) is 12.6. The molecule has 10 aromatic rings. The molecule has 1 unspecified atom stereocenters. The molecule has 0 aliphatic carbocycles. The number of carbonyl (C=O) groups is 9. The van der Waals surface area contributed by atoms with Crippen molar-refractivity contribution in [2.24, 2.45) is 46.6 Å². The van der Waals surface area contributed by atoms with Crippen LogP contribution in [0.25, 0.3) is 21.8 Å². The molecule has 2 aliphatic rings. The van der Waals surface area contributed by atoms with Crippen molar-refractivity contribution in [2.45, 2.75) is 164 Å². The minimum atomic E-state index is -3.68. The first-order valence-corrected chi connectivity index (χ1v) is 42.4. The Hall–Kier alpha value is -11.1. The average Bonchev–Trinajstić information content (AvgIpc) is 1.71. The van der Waals surface area contributed by atoms with Gasteiger partial charge in [0.15, 0.2) is 44.5 Å². The van der Waals surface area contributed by atoms with Crippen molar-refractivity contribution < 1.29 is 69.5 Å². The summed E-state index contributed by atoms with van der Waals surface area (Å²) in [6, 6.07) is 59.7. The van der Waals surface area contributed by atoms with Gasteiger partial charge < -0.3 is 14.8 Å². The van der Waals surface area contributed by atoms with Gasteiger partial charge in [0.1, 0.15) is 35.6 Å². The summed E-state index contributed by atoms with van der Waals surface area (Å²) in [5, 5.41) is 13.6. The lowest BCUT2D eigenvalue weighted by molar-refractivity contribution is -0.126. The average molecular weight is 1700 g/mol. The van der Waals surface area contributed by atoms with Gasteiger partial charge in [-0.2, -0.15) is 0 Å². The van der Waals surface area contributed by atoms with Crippen molar-refractivity contribution in [1.82, 2.24) is 30.4 Å². The fourth-order valence-corrected chi connectivity index (χ4v) is 12.7. The number of primary sulfonamides is 1. The molecule has 0 spiro atoms. The van der Waals surface area contributed by atoms with E-state index in [9.17, 15) is 64.8 Å². The third-order valence-electron chi connectivity index (χ3n) is 18.0. The number of fused-ring (bicyclic) bond motifs is 3. The first kappa shape index (κ1) is 96.5. The Balaban J connectivity index is 0.000000239. The molecule has 1 fully saturated rings. The molecule has 1 atom stereocenters. The fourth-order valence-electron chi connectivity index (χ4n) is 10.7. The van der Waals surface area contributed by atoms with Gasteiger partial charge in [-0.3, -0.25) is 58.6 Å². The predicted octanol–water partition coefficient (Wildman–Crippen LogP) is 16.8. The summed E-state index contributed by atoms with van der Waals surface area (Å²) in [5.41, 5.74) is 6.64. The van der Waals surface area contributed by atoms with Crippen LogP contribution in [0.1, 0.15) is 177 Å². The summed E-state index contributed by atoms with van der Waals surface area (Å²) in [4.78, 5) is 123. The highest BCUT2D eigenvalue weighted by molar-refractivity contribution is 9.10. The Bertz CT molecular complexity index is 5260. The molecule has 3 aromatic heterocycles. The maximum absolute atomic E-state index is 12.1. The third-order valence-corrected chi connectivity index (χ3v) is 21.5. The number of sulfonamides is 1. The molecule has 0 radical (unpaired) electrons. The highest BCUT2D eigenvalue weighted by Crippen LogP contribution is 2.33. The van der Waals surface area contributed by atoms with Gasteiger partial charge in [-0.05, 0) is 113 Å². The van der Waals surface area contributed by atoms with Crippen molar-refractivity contribution in [3.05, 3.63) is 261 Å².